The van der Waals surface area contributed by atoms with Crippen LogP contribution in [0.2, 0.25) is 0 Å². The molecule has 1 unspecified atom stereocenters. The van der Waals surface area contributed by atoms with E-state index in [1.54, 1.807) is 0 Å². The zero-order valence-corrected chi connectivity index (χ0v) is 20.3. The van der Waals surface area contributed by atoms with Gasteiger partial charge in [0.1, 0.15) is 0 Å². The molecule has 1 aliphatic rings. The zero-order valence-electron chi connectivity index (χ0n) is 19.5. The first-order valence-corrected chi connectivity index (χ1v) is 12.7. The number of hydrogen-bond donors (Lipinski definition) is 1. The smallest absolute Gasteiger partial charge is 0.237 e. The lowest BCUT2D eigenvalue weighted by molar-refractivity contribution is -0.116. The summed E-state index contributed by atoms with van der Waals surface area (Å²) in [5.41, 5.74) is 2.97. The molecule has 7 nitrogen and oxygen atoms in total. The minimum absolute atomic E-state index is 0.0477. The molecule has 2 aromatic carbocycles. The lowest BCUT2D eigenvalue weighted by Crippen LogP contribution is -2.38. The summed E-state index contributed by atoms with van der Waals surface area (Å²) in [6, 6.07) is 18.0. The van der Waals surface area contributed by atoms with Crippen LogP contribution in [0.15, 0.2) is 66.0 Å². The number of aromatic amines is 1. The molecule has 1 amide bonds. The number of thioether (sulfide) groups is 1. The molecule has 0 saturated carbocycles. The number of para-hydroxylation sites is 2. The van der Waals surface area contributed by atoms with Crippen molar-refractivity contribution in [2.24, 2.45) is 0 Å². The molecule has 34 heavy (non-hydrogen) atoms. The summed E-state index contributed by atoms with van der Waals surface area (Å²) < 4.78 is 8.04. The van der Waals surface area contributed by atoms with Crippen molar-refractivity contribution >= 4 is 34.3 Å². The maximum Gasteiger partial charge on any atom is 0.237 e. The van der Waals surface area contributed by atoms with Gasteiger partial charge in [-0.3, -0.25) is 9.36 Å². The minimum atomic E-state index is 0.0477. The highest BCUT2D eigenvalue weighted by atomic mass is 32.2. The summed E-state index contributed by atoms with van der Waals surface area (Å²) in [6.07, 6.45) is 4.20. The van der Waals surface area contributed by atoms with Crippen LogP contribution < -0.4 is 4.90 Å². The van der Waals surface area contributed by atoms with Gasteiger partial charge >= 0.3 is 0 Å². The molecule has 4 aromatic rings. The predicted molar refractivity (Wildman–Crippen MR) is 136 cm³/mol. The third-order valence-electron chi connectivity index (χ3n) is 6.10. The Morgan fingerprint density at radius 3 is 2.74 bits per heavy atom. The molecule has 1 fully saturated rings. The largest absolute Gasteiger partial charge is 0.376 e. The number of anilines is 1. The first kappa shape index (κ1) is 22.7. The van der Waals surface area contributed by atoms with E-state index in [0.717, 1.165) is 52.6 Å². The third-order valence-corrected chi connectivity index (χ3v) is 7.05. The maximum atomic E-state index is 13.2. The van der Waals surface area contributed by atoms with Crippen LogP contribution in [0.4, 0.5) is 5.69 Å². The van der Waals surface area contributed by atoms with Crippen molar-refractivity contribution in [2.75, 3.05) is 17.3 Å². The standard InChI is InChI=1S/C26H29N5O2S/c1-18(2)31(19-9-4-3-5-10-19)24(32)17-34-26-29-28-25(30(26)16-20-11-8-14-33-20)22-15-27-23-13-7-6-12-21(22)23/h3-7,9-10,12-13,15,18,20,27H,8,11,14,16-17H2,1-2H3. The van der Waals surface area contributed by atoms with Gasteiger partial charge in [0, 0.05) is 41.0 Å². The second-order valence-corrected chi connectivity index (χ2v) is 9.72. The highest BCUT2D eigenvalue weighted by molar-refractivity contribution is 7.99. The van der Waals surface area contributed by atoms with Gasteiger partial charge < -0.3 is 14.6 Å². The molecule has 176 valence electrons. The zero-order chi connectivity index (χ0) is 23.5. The van der Waals surface area contributed by atoms with E-state index in [1.165, 1.54) is 11.8 Å². The van der Waals surface area contributed by atoms with Crippen LogP contribution in [-0.2, 0) is 16.1 Å². The number of aromatic nitrogens is 4. The fraction of sp³-hybridized carbons (Fsp3) is 0.346. The van der Waals surface area contributed by atoms with Crippen molar-refractivity contribution in [3.8, 4) is 11.4 Å². The number of benzene rings is 2. The van der Waals surface area contributed by atoms with Crippen molar-refractivity contribution in [1.82, 2.24) is 19.7 Å². The van der Waals surface area contributed by atoms with Gasteiger partial charge in [0.2, 0.25) is 5.91 Å². The molecule has 8 heteroatoms. The Balaban J connectivity index is 1.42. The Morgan fingerprint density at radius 2 is 1.97 bits per heavy atom. The van der Waals surface area contributed by atoms with Crippen LogP contribution >= 0.6 is 11.8 Å². The Morgan fingerprint density at radius 1 is 1.18 bits per heavy atom. The number of hydrogen-bond acceptors (Lipinski definition) is 5. The van der Waals surface area contributed by atoms with E-state index in [-0.39, 0.29) is 23.8 Å². The Kier molecular flexibility index (Phi) is 6.69. The molecule has 3 heterocycles. The topological polar surface area (TPSA) is 76.0 Å². The van der Waals surface area contributed by atoms with Crippen LogP contribution in [0.5, 0.6) is 0 Å². The molecule has 1 saturated heterocycles. The van der Waals surface area contributed by atoms with Crippen LogP contribution in [0.3, 0.4) is 0 Å². The van der Waals surface area contributed by atoms with Crippen LogP contribution in [0, 0.1) is 0 Å². The monoisotopic (exact) mass is 475 g/mol. The van der Waals surface area contributed by atoms with E-state index in [0.29, 0.717) is 6.54 Å². The fourth-order valence-electron chi connectivity index (χ4n) is 4.52. The number of fused-ring (bicyclic) bond motifs is 1. The number of ether oxygens (including phenoxy) is 1. The highest BCUT2D eigenvalue weighted by Crippen LogP contribution is 2.31. The number of H-pyrrole nitrogens is 1. The normalized spacial score (nSPS) is 15.9. The molecule has 0 spiro atoms. The van der Waals surface area contributed by atoms with Crippen LogP contribution in [0.25, 0.3) is 22.3 Å². The second kappa shape index (κ2) is 10.0. The fourth-order valence-corrected chi connectivity index (χ4v) is 5.33. The summed E-state index contributed by atoms with van der Waals surface area (Å²) >= 11 is 1.43. The number of amides is 1. The predicted octanol–water partition coefficient (Wildman–Crippen LogP) is 5.14. The number of carbonyl (C=O) groups is 1. The van der Waals surface area contributed by atoms with E-state index >= 15 is 0 Å². The third kappa shape index (κ3) is 4.60. The molecule has 1 atom stereocenters. The quantitative estimate of drug-likeness (QED) is 0.357. The highest BCUT2D eigenvalue weighted by Gasteiger charge is 2.25. The molecule has 1 aliphatic heterocycles. The van der Waals surface area contributed by atoms with Crippen LogP contribution in [0.1, 0.15) is 26.7 Å². The van der Waals surface area contributed by atoms with Crippen LogP contribution in [-0.4, -0.2) is 50.2 Å². The van der Waals surface area contributed by atoms with Gasteiger partial charge in [0.05, 0.1) is 18.4 Å². The molecular formula is C26H29N5O2S. The summed E-state index contributed by atoms with van der Waals surface area (Å²) in [5.74, 6) is 1.13. The molecule has 0 bridgehead atoms. The average molecular weight is 476 g/mol. The van der Waals surface area contributed by atoms with E-state index in [9.17, 15) is 4.79 Å². The van der Waals surface area contributed by atoms with Gasteiger partial charge in [-0.05, 0) is 44.9 Å². The molecule has 1 N–H and O–H groups in total. The van der Waals surface area contributed by atoms with Crippen molar-refractivity contribution in [1.29, 1.82) is 0 Å². The van der Waals surface area contributed by atoms with Crippen molar-refractivity contribution < 1.29 is 9.53 Å². The molecule has 5 rings (SSSR count). The van der Waals surface area contributed by atoms with Gasteiger partial charge in [0.15, 0.2) is 11.0 Å². The van der Waals surface area contributed by atoms with Gasteiger partial charge in [-0.15, -0.1) is 10.2 Å². The summed E-state index contributed by atoms with van der Waals surface area (Å²) in [6.45, 7) is 5.52. The van der Waals surface area contributed by atoms with E-state index < -0.39 is 0 Å². The number of carbonyl (C=O) groups excluding carboxylic acids is 1. The first-order chi connectivity index (χ1) is 16.6. The molecule has 2 aromatic heterocycles. The summed E-state index contributed by atoms with van der Waals surface area (Å²) in [7, 11) is 0. The van der Waals surface area contributed by atoms with Gasteiger partial charge in [-0.25, -0.2) is 0 Å². The molecule has 0 aliphatic carbocycles. The Labute approximate surface area is 203 Å². The maximum absolute atomic E-state index is 13.2. The first-order valence-electron chi connectivity index (χ1n) is 11.7. The Bertz CT molecular complexity index is 1260. The number of rotatable bonds is 8. The lowest BCUT2D eigenvalue weighted by Gasteiger charge is -2.26. The van der Waals surface area contributed by atoms with Gasteiger partial charge in [-0.1, -0.05) is 48.2 Å². The van der Waals surface area contributed by atoms with Crippen molar-refractivity contribution in [3.63, 3.8) is 0 Å². The molecule has 0 radical (unpaired) electrons. The SMILES string of the molecule is CC(C)N(C(=O)CSc1nnc(-c2c[nH]c3ccccc23)n1CC1CCCO1)c1ccccc1. The van der Waals surface area contributed by atoms with Crippen molar-refractivity contribution in [3.05, 3.63) is 60.8 Å². The average Bonchev–Trinajstić information content (AvgIpc) is 3.59. The summed E-state index contributed by atoms with van der Waals surface area (Å²) in [4.78, 5) is 18.4. The number of nitrogens with one attached hydrogen (secondary N) is 1. The van der Waals surface area contributed by atoms with Crippen molar-refractivity contribution in [2.45, 2.75) is 50.5 Å². The minimum Gasteiger partial charge on any atom is -0.376 e. The van der Waals surface area contributed by atoms with Gasteiger partial charge in [0.25, 0.3) is 0 Å². The molecular weight excluding hydrogens is 446 g/mol. The number of nitrogens with zero attached hydrogens (tertiary/aromatic N) is 4. The Hall–Kier alpha value is -3.10. The lowest BCUT2D eigenvalue weighted by atomic mass is 10.1. The van der Waals surface area contributed by atoms with E-state index in [2.05, 4.69) is 31.9 Å². The van der Waals surface area contributed by atoms with Gasteiger partial charge in [-0.2, -0.15) is 0 Å². The second-order valence-electron chi connectivity index (χ2n) is 8.78. The summed E-state index contributed by atoms with van der Waals surface area (Å²) in [5, 5.41) is 10.9. The van der Waals surface area contributed by atoms with E-state index in [4.69, 9.17) is 4.74 Å². The van der Waals surface area contributed by atoms with E-state index in [1.807, 2.05) is 67.4 Å².